The second-order valence-corrected chi connectivity index (χ2v) is 8.35. The lowest BCUT2D eigenvalue weighted by Gasteiger charge is -2.20. The predicted molar refractivity (Wildman–Crippen MR) is 134 cm³/mol. The van der Waals surface area contributed by atoms with E-state index in [2.05, 4.69) is 20.3 Å². The van der Waals surface area contributed by atoms with Gasteiger partial charge in [0, 0.05) is 26.8 Å². The van der Waals surface area contributed by atoms with Crippen molar-refractivity contribution in [1.82, 2.24) is 15.0 Å². The highest BCUT2D eigenvalue weighted by molar-refractivity contribution is 5.70. The molecule has 1 unspecified atom stereocenters. The van der Waals surface area contributed by atoms with E-state index in [1.807, 2.05) is 57.2 Å². The van der Waals surface area contributed by atoms with Crippen LogP contribution >= 0.6 is 0 Å². The number of nitrogens with zero attached hydrogens (tertiary/aromatic N) is 5. The van der Waals surface area contributed by atoms with E-state index in [9.17, 15) is 14.3 Å². The number of halogens is 1. The van der Waals surface area contributed by atoms with Crippen LogP contribution in [-0.2, 0) is 11.2 Å². The minimum absolute atomic E-state index is 0.319. The van der Waals surface area contributed by atoms with Gasteiger partial charge in [-0.05, 0) is 54.8 Å². The molecule has 1 atom stereocenters. The minimum atomic E-state index is -0.775. The maximum Gasteiger partial charge on any atom is 0.306 e. The van der Waals surface area contributed by atoms with Crippen LogP contribution in [0.3, 0.4) is 0 Å². The first-order valence-corrected chi connectivity index (χ1v) is 11.4. The molecule has 2 aromatic carbocycles. The Morgan fingerprint density at radius 2 is 1.69 bits per heavy atom. The van der Waals surface area contributed by atoms with Crippen LogP contribution in [0.1, 0.15) is 18.9 Å². The average Bonchev–Trinajstić information content (AvgIpc) is 2.84. The molecule has 3 rings (SSSR count). The van der Waals surface area contributed by atoms with Gasteiger partial charge in [0.2, 0.25) is 17.8 Å². The number of hydrogen-bond acceptors (Lipinski definition) is 8. The zero-order valence-electron chi connectivity index (χ0n) is 20.4. The molecule has 0 fully saturated rings. The molecule has 0 saturated carbocycles. The first-order valence-electron chi connectivity index (χ1n) is 11.4. The van der Waals surface area contributed by atoms with Crippen molar-refractivity contribution in [2.75, 3.05) is 49.4 Å². The molecule has 35 heavy (non-hydrogen) atoms. The summed E-state index contributed by atoms with van der Waals surface area (Å²) in [6.45, 7) is 2.79. The summed E-state index contributed by atoms with van der Waals surface area (Å²) in [5.41, 5.74) is 1.63. The number of carboxylic acid groups (broad SMARTS) is 1. The quantitative estimate of drug-likeness (QED) is 0.397. The number of benzene rings is 2. The normalized spacial score (nSPS) is 11.6. The molecule has 0 amide bonds. The van der Waals surface area contributed by atoms with Crippen molar-refractivity contribution in [3.8, 4) is 5.75 Å². The van der Waals surface area contributed by atoms with Crippen LogP contribution in [0.25, 0.3) is 0 Å². The van der Waals surface area contributed by atoms with Gasteiger partial charge in [-0.25, -0.2) is 4.39 Å². The molecule has 0 aliphatic rings. The van der Waals surface area contributed by atoms with Crippen molar-refractivity contribution in [3.63, 3.8) is 0 Å². The Bertz CT molecular complexity index is 1110. The van der Waals surface area contributed by atoms with E-state index in [4.69, 9.17) is 4.74 Å². The molecular formula is C25H31FN6O3. The van der Waals surface area contributed by atoms with Crippen molar-refractivity contribution in [2.45, 2.75) is 19.8 Å². The van der Waals surface area contributed by atoms with Crippen LogP contribution in [0, 0.1) is 11.7 Å². The van der Waals surface area contributed by atoms with Gasteiger partial charge in [-0.1, -0.05) is 19.1 Å². The molecule has 10 heteroatoms. The molecule has 0 radical (unpaired) electrons. The third-order valence-electron chi connectivity index (χ3n) is 5.40. The van der Waals surface area contributed by atoms with Crippen LogP contribution in [-0.4, -0.2) is 60.3 Å². The summed E-state index contributed by atoms with van der Waals surface area (Å²) in [5.74, 6) is 0.518. The number of rotatable bonds is 12. The fourth-order valence-electron chi connectivity index (χ4n) is 3.26. The van der Waals surface area contributed by atoms with E-state index in [1.54, 1.807) is 17.0 Å². The van der Waals surface area contributed by atoms with Gasteiger partial charge in [0.1, 0.15) is 18.2 Å². The highest BCUT2D eigenvalue weighted by Crippen LogP contribution is 2.20. The molecular weight excluding hydrogens is 451 g/mol. The Kier molecular flexibility index (Phi) is 8.77. The largest absolute Gasteiger partial charge is 0.492 e. The maximum atomic E-state index is 13.2. The van der Waals surface area contributed by atoms with Gasteiger partial charge in [0.15, 0.2) is 0 Å². The SMILES string of the molecule is CCC(Cc1ccc(OCCN(C)c2nc(Nc3ccc(F)cc3)nc(N(C)C)n2)cc1)C(=O)O. The summed E-state index contributed by atoms with van der Waals surface area (Å²) < 4.78 is 19.1. The molecule has 0 aliphatic heterocycles. The number of ether oxygens (including phenoxy) is 1. The summed E-state index contributed by atoms with van der Waals surface area (Å²) in [4.78, 5) is 28.3. The molecule has 9 nitrogen and oxygen atoms in total. The average molecular weight is 483 g/mol. The molecule has 186 valence electrons. The molecule has 3 aromatic rings. The number of anilines is 4. The lowest BCUT2D eigenvalue weighted by molar-refractivity contribution is -0.141. The molecule has 1 heterocycles. The number of carboxylic acids is 1. The highest BCUT2D eigenvalue weighted by atomic mass is 19.1. The Labute approximate surface area is 204 Å². The van der Waals surface area contributed by atoms with E-state index in [-0.39, 0.29) is 11.7 Å². The topological polar surface area (TPSA) is 104 Å². The first kappa shape index (κ1) is 25.7. The number of likely N-dealkylation sites (N-methyl/N-ethyl adjacent to an activating group) is 1. The smallest absolute Gasteiger partial charge is 0.306 e. The third-order valence-corrected chi connectivity index (χ3v) is 5.40. The van der Waals surface area contributed by atoms with Gasteiger partial charge in [-0.2, -0.15) is 15.0 Å². The first-order chi connectivity index (χ1) is 16.7. The minimum Gasteiger partial charge on any atom is -0.492 e. The van der Waals surface area contributed by atoms with Gasteiger partial charge < -0.3 is 25.0 Å². The standard InChI is InChI=1S/C25H31FN6O3/c1-5-18(22(33)34)16-17-6-12-21(13-7-17)35-15-14-32(4)25-29-23(28-24(30-25)31(2)3)27-20-10-8-19(26)9-11-20/h6-13,18H,5,14-16H2,1-4H3,(H,33,34)(H,27,28,29,30). The second kappa shape index (κ2) is 12.0. The number of nitrogens with one attached hydrogen (secondary N) is 1. The third kappa shape index (κ3) is 7.53. The van der Waals surface area contributed by atoms with Gasteiger partial charge in [0.05, 0.1) is 12.5 Å². The van der Waals surface area contributed by atoms with Crippen molar-refractivity contribution < 1.29 is 19.0 Å². The predicted octanol–water partition coefficient (Wildman–Crippen LogP) is 3.99. The molecule has 1 aromatic heterocycles. The number of hydrogen-bond donors (Lipinski definition) is 2. The summed E-state index contributed by atoms with van der Waals surface area (Å²) in [6.07, 6.45) is 1.09. The van der Waals surface area contributed by atoms with Gasteiger partial charge in [-0.3, -0.25) is 4.79 Å². The van der Waals surface area contributed by atoms with Crippen LogP contribution in [0.5, 0.6) is 5.75 Å². The molecule has 0 spiro atoms. The monoisotopic (exact) mass is 482 g/mol. The second-order valence-electron chi connectivity index (χ2n) is 8.35. The van der Waals surface area contributed by atoms with E-state index in [1.165, 1.54) is 12.1 Å². The van der Waals surface area contributed by atoms with Crippen LogP contribution < -0.4 is 19.9 Å². The van der Waals surface area contributed by atoms with Gasteiger partial charge >= 0.3 is 5.97 Å². The maximum absolute atomic E-state index is 13.2. The summed E-state index contributed by atoms with van der Waals surface area (Å²) in [5, 5.41) is 12.3. The van der Waals surface area contributed by atoms with Crippen molar-refractivity contribution in [2.24, 2.45) is 5.92 Å². The zero-order valence-corrected chi connectivity index (χ0v) is 20.4. The Balaban J connectivity index is 1.60. The fraction of sp³-hybridized carbons (Fsp3) is 0.360. The van der Waals surface area contributed by atoms with Crippen molar-refractivity contribution in [1.29, 1.82) is 0 Å². The number of aliphatic carboxylic acids is 1. The molecule has 0 saturated heterocycles. The van der Waals surface area contributed by atoms with Crippen molar-refractivity contribution in [3.05, 3.63) is 59.9 Å². The van der Waals surface area contributed by atoms with Gasteiger partial charge in [0.25, 0.3) is 0 Å². The molecule has 2 N–H and O–H groups in total. The Morgan fingerprint density at radius 3 is 2.29 bits per heavy atom. The number of aromatic nitrogens is 3. The zero-order chi connectivity index (χ0) is 25.4. The van der Waals surface area contributed by atoms with E-state index in [0.29, 0.717) is 55.3 Å². The van der Waals surface area contributed by atoms with Crippen LogP contribution in [0.2, 0.25) is 0 Å². The lowest BCUT2D eigenvalue weighted by atomic mass is 9.97. The molecule has 0 bridgehead atoms. The Hall–Kier alpha value is -3.95. The highest BCUT2D eigenvalue weighted by Gasteiger charge is 2.16. The van der Waals surface area contributed by atoms with E-state index >= 15 is 0 Å². The summed E-state index contributed by atoms with van der Waals surface area (Å²) >= 11 is 0. The summed E-state index contributed by atoms with van der Waals surface area (Å²) in [6, 6.07) is 13.4. The van der Waals surface area contributed by atoms with Gasteiger partial charge in [-0.15, -0.1) is 0 Å². The fourth-order valence-corrected chi connectivity index (χ4v) is 3.26. The molecule has 0 aliphatic carbocycles. The number of carbonyl (C=O) groups is 1. The summed E-state index contributed by atoms with van der Waals surface area (Å²) in [7, 11) is 5.54. The lowest BCUT2D eigenvalue weighted by Crippen LogP contribution is -2.27. The van der Waals surface area contributed by atoms with Crippen LogP contribution in [0.4, 0.5) is 27.9 Å². The van der Waals surface area contributed by atoms with Crippen LogP contribution in [0.15, 0.2) is 48.5 Å². The van der Waals surface area contributed by atoms with E-state index < -0.39 is 5.97 Å². The van der Waals surface area contributed by atoms with E-state index in [0.717, 1.165) is 5.56 Å². The van der Waals surface area contributed by atoms with Crippen molar-refractivity contribution >= 4 is 29.5 Å². The Morgan fingerprint density at radius 1 is 1.03 bits per heavy atom.